The summed E-state index contributed by atoms with van der Waals surface area (Å²) in [6.45, 7) is 6.60. The normalized spacial score (nSPS) is 11.2. The zero-order valence-corrected chi connectivity index (χ0v) is 16.4. The van der Waals surface area contributed by atoms with E-state index in [1.165, 1.54) is 6.92 Å². The van der Waals surface area contributed by atoms with E-state index < -0.39 is 0 Å². The average Bonchev–Trinajstić information content (AvgIpc) is 2.63. The molecule has 0 unspecified atom stereocenters. The molecule has 0 saturated heterocycles. The summed E-state index contributed by atoms with van der Waals surface area (Å²) >= 11 is 0. The minimum Gasteiger partial charge on any atom is -0.495 e. The van der Waals surface area contributed by atoms with Crippen LogP contribution < -0.4 is 20.7 Å². The number of nitrogens with one attached hydrogen (secondary N) is 3. The van der Waals surface area contributed by atoms with Crippen LogP contribution in [0, 0.1) is 0 Å². The van der Waals surface area contributed by atoms with Gasteiger partial charge in [-0.3, -0.25) is 9.79 Å². The summed E-state index contributed by atoms with van der Waals surface area (Å²) in [5.41, 5.74) is 1.67. The fourth-order valence-electron chi connectivity index (χ4n) is 2.29. The second-order valence-corrected chi connectivity index (χ2v) is 5.89. The summed E-state index contributed by atoms with van der Waals surface area (Å²) in [5.74, 6) is 1.23. The van der Waals surface area contributed by atoms with E-state index in [-0.39, 0.29) is 5.91 Å². The molecule has 0 spiro atoms. The maximum atomic E-state index is 11.3. The summed E-state index contributed by atoms with van der Waals surface area (Å²) in [5, 5.41) is 9.30. The van der Waals surface area contributed by atoms with Crippen LogP contribution in [0.5, 0.6) is 5.75 Å². The van der Waals surface area contributed by atoms with Crippen molar-refractivity contribution in [3.63, 3.8) is 0 Å². The van der Waals surface area contributed by atoms with E-state index in [4.69, 9.17) is 9.47 Å². The Hall–Kier alpha value is -2.28. The van der Waals surface area contributed by atoms with Crippen molar-refractivity contribution in [2.75, 3.05) is 39.2 Å². The Balaban J connectivity index is 2.42. The minimum absolute atomic E-state index is 0.132. The van der Waals surface area contributed by atoms with E-state index in [0.717, 1.165) is 50.5 Å². The van der Waals surface area contributed by atoms with E-state index in [1.807, 2.05) is 18.2 Å². The quantitative estimate of drug-likeness (QED) is 0.319. The summed E-state index contributed by atoms with van der Waals surface area (Å²) in [6, 6.07) is 5.68. The molecule has 7 nitrogen and oxygen atoms in total. The number of unbranched alkanes of at least 4 members (excludes halogenated alkanes) is 1. The molecule has 0 aliphatic heterocycles. The molecule has 0 atom stereocenters. The molecule has 1 aromatic carbocycles. The van der Waals surface area contributed by atoms with Crippen LogP contribution in [0.25, 0.3) is 0 Å². The van der Waals surface area contributed by atoms with Crippen LogP contribution in [-0.4, -0.2) is 45.8 Å². The van der Waals surface area contributed by atoms with Crippen molar-refractivity contribution in [3.8, 4) is 5.75 Å². The van der Waals surface area contributed by atoms with Crippen molar-refractivity contribution in [2.24, 2.45) is 4.99 Å². The molecule has 0 aliphatic carbocycles. The Morgan fingerprint density at radius 2 is 1.96 bits per heavy atom. The van der Waals surface area contributed by atoms with E-state index in [0.29, 0.717) is 18.0 Å². The predicted molar refractivity (Wildman–Crippen MR) is 106 cm³/mol. The zero-order valence-electron chi connectivity index (χ0n) is 16.4. The van der Waals surface area contributed by atoms with E-state index >= 15 is 0 Å². The molecule has 146 valence electrons. The van der Waals surface area contributed by atoms with Gasteiger partial charge in [0.2, 0.25) is 5.91 Å². The van der Waals surface area contributed by atoms with Crippen LogP contribution in [-0.2, 0) is 16.1 Å². The third-order valence-electron chi connectivity index (χ3n) is 3.66. The molecule has 26 heavy (non-hydrogen) atoms. The molecule has 1 aromatic rings. The van der Waals surface area contributed by atoms with Gasteiger partial charge >= 0.3 is 0 Å². The molecule has 0 saturated carbocycles. The number of nitrogens with zero attached hydrogens (tertiary/aromatic N) is 1. The van der Waals surface area contributed by atoms with Crippen molar-refractivity contribution in [2.45, 2.75) is 39.7 Å². The van der Waals surface area contributed by atoms with Gasteiger partial charge in [0.1, 0.15) is 5.75 Å². The molecule has 7 heteroatoms. The minimum atomic E-state index is -0.132. The third kappa shape index (κ3) is 8.71. The lowest BCUT2D eigenvalue weighted by atomic mass is 10.2. The van der Waals surface area contributed by atoms with Gasteiger partial charge in [-0.2, -0.15) is 0 Å². The van der Waals surface area contributed by atoms with Gasteiger partial charge in [-0.25, -0.2) is 0 Å². The smallest absolute Gasteiger partial charge is 0.221 e. The Morgan fingerprint density at radius 3 is 2.62 bits per heavy atom. The van der Waals surface area contributed by atoms with Crippen molar-refractivity contribution in [1.82, 2.24) is 10.6 Å². The number of amides is 1. The number of carbonyl (C=O) groups excluding carboxylic acids is 1. The molecule has 0 aromatic heterocycles. The van der Waals surface area contributed by atoms with Gasteiger partial charge in [0.15, 0.2) is 5.96 Å². The highest BCUT2D eigenvalue weighted by Gasteiger charge is 2.06. The number of methoxy groups -OCH3 is 1. The highest BCUT2D eigenvalue weighted by Crippen LogP contribution is 2.25. The van der Waals surface area contributed by atoms with Crippen LogP contribution in [0.3, 0.4) is 0 Å². The lowest BCUT2D eigenvalue weighted by molar-refractivity contribution is -0.114. The van der Waals surface area contributed by atoms with Crippen LogP contribution in [0.15, 0.2) is 23.2 Å². The van der Waals surface area contributed by atoms with Crippen LogP contribution in [0.2, 0.25) is 0 Å². The maximum absolute atomic E-state index is 11.3. The topological polar surface area (TPSA) is 84.0 Å². The largest absolute Gasteiger partial charge is 0.495 e. The molecule has 0 aliphatic rings. The summed E-state index contributed by atoms with van der Waals surface area (Å²) in [7, 11) is 3.32. The van der Waals surface area contributed by atoms with Gasteiger partial charge in [0, 0.05) is 40.3 Å². The number of carbonyl (C=O) groups is 1. The fourth-order valence-corrected chi connectivity index (χ4v) is 2.29. The number of guanidine groups is 1. The molecule has 1 rings (SSSR count). The zero-order chi connectivity index (χ0) is 19.2. The molecule has 0 heterocycles. The molecule has 0 radical (unpaired) electrons. The summed E-state index contributed by atoms with van der Waals surface area (Å²) < 4.78 is 10.8. The van der Waals surface area contributed by atoms with Crippen LogP contribution in [0.4, 0.5) is 5.69 Å². The summed E-state index contributed by atoms with van der Waals surface area (Å²) in [6.07, 6.45) is 3.20. The van der Waals surface area contributed by atoms with Crippen molar-refractivity contribution >= 4 is 17.6 Å². The first-order chi connectivity index (χ1) is 12.6. The van der Waals surface area contributed by atoms with E-state index in [2.05, 4.69) is 27.9 Å². The van der Waals surface area contributed by atoms with Crippen LogP contribution >= 0.6 is 0 Å². The predicted octanol–water partition coefficient (Wildman–Crippen LogP) is 2.53. The molecular weight excluding hydrogens is 332 g/mol. The highest BCUT2D eigenvalue weighted by atomic mass is 16.5. The van der Waals surface area contributed by atoms with Crippen molar-refractivity contribution in [1.29, 1.82) is 0 Å². The Labute approximate surface area is 156 Å². The van der Waals surface area contributed by atoms with Gasteiger partial charge in [-0.1, -0.05) is 19.4 Å². The van der Waals surface area contributed by atoms with Gasteiger partial charge in [-0.15, -0.1) is 0 Å². The molecule has 3 N–H and O–H groups in total. The fraction of sp³-hybridized carbons (Fsp3) is 0.579. The van der Waals surface area contributed by atoms with Crippen molar-refractivity contribution in [3.05, 3.63) is 23.8 Å². The number of aliphatic imine (C=N–C) groups is 1. The lowest BCUT2D eigenvalue weighted by Gasteiger charge is -2.14. The molecule has 0 bridgehead atoms. The molecule has 0 fully saturated rings. The second-order valence-electron chi connectivity index (χ2n) is 5.89. The number of anilines is 1. The number of rotatable bonds is 11. The maximum Gasteiger partial charge on any atom is 0.221 e. The first-order valence-corrected chi connectivity index (χ1v) is 9.07. The first kappa shape index (κ1) is 21.8. The van der Waals surface area contributed by atoms with Gasteiger partial charge in [0.05, 0.1) is 12.8 Å². The average molecular weight is 364 g/mol. The molecular formula is C19H32N4O3. The lowest BCUT2D eigenvalue weighted by Crippen LogP contribution is -2.37. The highest BCUT2D eigenvalue weighted by molar-refractivity contribution is 5.90. The van der Waals surface area contributed by atoms with Gasteiger partial charge < -0.3 is 25.4 Å². The van der Waals surface area contributed by atoms with E-state index in [1.54, 1.807) is 14.2 Å². The van der Waals surface area contributed by atoms with Crippen molar-refractivity contribution < 1.29 is 14.3 Å². The summed E-state index contributed by atoms with van der Waals surface area (Å²) in [4.78, 5) is 15.5. The Bertz CT molecular complexity index is 576. The monoisotopic (exact) mass is 364 g/mol. The third-order valence-corrected chi connectivity index (χ3v) is 3.66. The SMILES string of the molecule is CCCCOCCCNC(=NC)NCc1ccc(OC)c(NC(C)=O)c1. The number of benzene rings is 1. The number of hydrogen-bond donors (Lipinski definition) is 3. The Kier molecular flexibility index (Phi) is 10.9. The molecule has 1 amide bonds. The standard InChI is InChI=1S/C19H32N4O3/c1-5-6-11-26-12-7-10-21-19(20-3)22-14-16-8-9-18(25-4)17(13-16)23-15(2)24/h8-9,13H,5-7,10-12,14H2,1-4H3,(H,23,24)(H2,20,21,22). The van der Waals surface area contributed by atoms with Gasteiger partial charge in [0.25, 0.3) is 0 Å². The second kappa shape index (κ2) is 13.0. The number of hydrogen-bond acceptors (Lipinski definition) is 4. The number of ether oxygens (including phenoxy) is 2. The van der Waals surface area contributed by atoms with Crippen LogP contribution in [0.1, 0.15) is 38.7 Å². The van der Waals surface area contributed by atoms with E-state index in [9.17, 15) is 4.79 Å². The first-order valence-electron chi connectivity index (χ1n) is 9.07. The Morgan fingerprint density at radius 1 is 1.19 bits per heavy atom. The van der Waals surface area contributed by atoms with Gasteiger partial charge in [-0.05, 0) is 30.5 Å².